The third-order valence-corrected chi connectivity index (χ3v) is 4.72. The fourth-order valence-corrected chi connectivity index (χ4v) is 3.47. The predicted octanol–water partition coefficient (Wildman–Crippen LogP) is 2.46. The first kappa shape index (κ1) is 11.4. The molecule has 0 fully saturated rings. The van der Waals surface area contributed by atoms with Gasteiger partial charge in [-0.2, -0.15) is 16.2 Å². The van der Waals surface area contributed by atoms with E-state index in [1.54, 1.807) is 6.07 Å². The standard InChI is InChI=1S/C7H8F2O3S2/c8-13(9,6-14(10,11)12)7-4-2-1-3-5-7/h1-5H,6H2,(H,10,11,12). The van der Waals surface area contributed by atoms with Crippen molar-refractivity contribution < 1.29 is 20.7 Å². The van der Waals surface area contributed by atoms with Gasteiger partial charge in [-0.1, -0.05) is 18.2 Å². The van der Waals surface area contributed by atoms with Crippen LogP contribution in [0.4, 0.5) is 7.77 Å². The van der Waals surface area contributed by atoms with Gasteiger partial charge in [0.1, 0.15) is 10.8 Å². The molecule has 3 nitrogen and oxygen atoms in total. The number of halogens is 2. The van der Waals surface area contributed by atoms with Crippen molar-refractivity contribution in [1.82, 2.24) is 0 Å². The van der Waals surface area contributed by atoms with Crippen LogP contribution in [-0.2, 0) is 10.1 Å². The summed E-state index contributed by atoms with van der Waals surface area (Å²) in [5, 5.41) is -1.51. The first-order valence-corrected chi connectivity index (χ1v) is 6.73. The first-order valence-electron chi connectivity index (χ1n) is 3.52. The highest BCUT2D eigenvalue weighted by molar-refractivity contribution is 8.30. The maximum atomic E-state index is 13.2. The second kappa shape index (κ2) is 3.84. The summed E-state index contributed by atoms with van der Waals surface area (Å²) in [5.74, 6) is 0. The smallest absolute Gasteiger partial charge is 0.278 e. The van der Waals surface area contributed by atoms with Crippen LogP contribution in [0.3, 0.4) is 0 Å². The van der Waals surface area contributed by atoms with E-state index in [-0.39, 0.29) is 4.90 Å². The van der Waals surface area contributed by atoms with E-state index in [0.717, 1.165) is 12.1 Å². The molecule has 1 aromatic carbocycles. The lowest BCUT2D eigenvalue weighted by molar-refractivity contribution is 0.487. The summed E-state index contributed by atoms with van der Waals surface area (Å²) in [7, 11) is -9.10. The summed E-state index contributed by atoms with van der Waals surface area (Å²) in [6, 6.07) is 6.61. The molecule has 80 valence electrons. The molecule has 0 aromatic heterocycles. The molecule has 0 atom stereocenters. The van der Waals surface area contributed by atoms with Gasteiger partial charge >= 0.3 is 0 Å². The monoisotopic (exact) mass is 242 g/mol. The molecule has 0 aliphatic carbocycles. The van der Waals surface area contributed by atoms with Gasteiger partial charge in [0.05, 0.1) is 0 Å². The van der Waals surface area contributed by atoms with Crippen LogP contribution in [0.1, 0.15) is 0 Å². The Morgan fingerprint density at radius 3 is 2.07 bits per heavy atom. The minimum Gasteiger partial charge on any atom is -0.285 e. The van der Waals surface area contributed by atoms with E-state index >= 15 is 0 Å². The average Bonchev–Trinajstić information content (AvgIpc) is 2.01. The highest BCUT2D eigenvalue weighted by Crippen LogP contribution is 2.59. The van der Waals surface area contributed by atoms with Crippen molar-refractivity contribution in [1.29, 1.82) is 0 Å². The second-order valence-corrected chi connectivity index (χ2v) is 6.32. The SMILES string of the molecule is O=S(=O)(O)CS(F)(F)c1ccccc1. The van der Waals surface area contributed by atoms with Crippen molar-refractivity contribution in [3.05, 3.63) is 30.3 Å². The molecule has 1 aromatic rings. The molecule has 0 radical (unpaired) electrons. The van der Waals surface area contributed by atoms with E-state index in [1.807, 2.05) is 0 Å². The van der Waals surface area contributed by atoms with Gasteiger partial charge in [0, 0.05) is 4.90 Å². The Balaban J connectivity index is 2.97. The molecular weight excluding hydrogens is 234 g/mol. The van der Waals surface area contributed by atoms with Gasteiger partial charge in [-0.25, -0.2) is 0 Å². The topological polar surface area (TPSA) is 54.4 Å². The summed E-state index contributed by atoms with van der Waals surface area (Å²) in [5.41, 5.74) is 0. The quantitative estimate of drug-likeness (QED) is 0.828. The van der Waals surface area contributed by atoms with Crippen molar-refractivity contribution >= 4 is 20.9 Å². The molecule has 0 amide bonds. The summed E-state index contributed by atoms with van der Waals surface area (Å²) >= 11 is 0. The highest BCUT2D eigenvalue weighted by atomic mass is 32.3. The minimum absolute atomic E-state index is 0.349. The van der Waals surface area contributed by atoms with Crippen LogP contribution < -0.4 is 0 Å². The largest absolute Gasteiger partial charge is 0.285 e. The fraction of sp³-hybridized carbons (Fsp3) is 0.143. The maximum absolute atomic E-state index is 13.2. The number of rotatable bonds is 3. The predicted molar refractivity (Wildman–Crippen MR) is 50.9 cm³/mol. The molecule has 0 aliphatic rings. The van der Waals surface area contributed by atoms with Crippen molar-refractivity contribution in [2.24, 2.45) is 0 Å². The molecule has 0 saturated heterocycles. The van der Waals surface area contributed by atoms with Gasteiger partial charge in [-0.3, -0.25) is 4.55 Å². The molecule has 1 rings (SSSR count). The third-order valence-electron chi connectivity index (χ3n) is 1.38. The first-order chi connectivity index (χ1) is 6.31. The molecule has 0 saturated carbocycles. The van der Waals surface area contributed by atoms with Crippen molar-refractivity contribution in [3.63, 3.8) is 0 Å². The van der Waals surface area contributed by atoms with E-state index in [0.29, 0.717) is 0 Å². The van der Waals surface area contributed by atoms with Crippen LogP contribution in [0.25, 0.3) is 0 Å². The number of hydrogen-bond donors (Lipinski definition) is 1. The Labute approximate surface area is 82.4 Å². The maximum Gasteiger partial charge on any atom is 0.278 e. The summed E-state index contributed by atoms with van der Waals surface area (Å²) in [6.45, 7) is 0. The van der Waals surface area contributed by atoms with Gasteiger partial charge < -0.3 is 0 Å². The molecule has 14 heavy (non-hydrogen) atoms. The molecule has 0 bridgehead atoms. The van der Waals surface area contributed by atoms with Crippen LogP contribution in [0.5, 0.6) is 0 Å². The van der Waals surface area contributed by atoms with Gasteiger partial charge in [-0.05, 0) is 12.1 Å². The molecular formula is C7H8F2O3S2. The van der Waals surface area contributed by atoms with E-state index in [9.17, 15) is 16.2 Å². The van der Waals surface area contributed by atoms with E-state index in [4.69, 9.17) is 4.55 Å². The molecule has 0 heterocycles. The van der Waals surface area contributed by atoms with Crippen molar-refractivity contribution in [2.45, 2.75) is 4.90 Å². The average molecular weight is 242 g/mol. The Morgan fingerprint density at radius 1 is 1.14 bits per heavy atom. The lowest BCUT2D eigenvalue weighted by Crippen LogP contribution is -2.07. The second-order valence-electron chi connectivity index (χ2n) is 2.59. The minimum atomic E-state index is -4.64. The Hall–Kier alpha value is -0.660. The Kier molecular flexibility index (Phi) is 3.13. The van der Waals surface area contributed by atoms with Crippen molar-refractivity contribution in [3.8, 4) is 0 Å². The lowest BCUT2D eigenvalue weighted by Gasteiger charge is -2.18. The van der Waals surface area contributed by atoms with Crippen LogP contribution in [0.15, 0.2) is 35.2 Å². The zero-order valence-corrected chi connectivity index (χ0v) is 8.56. The van der Waals surface area contributed by atoms with Gasteiger partial charge in [0.25, 0.3) is 10.1 Å². The highest BCUT2D eigenvalue weighted by Gasteiger charge is 2.31. The zero-order valence-electron chi connectivity index (χ0n) is 6.93. The van der Waals surface area contributed by atoms with Crippen LogP contribution in [-0.4, -0.2) is 18.1 Å². The Bertz CT molecular complexity index is 402. The Morgan fingerprint density at radius 2 is 1.64 bits per heavy atom. The van der Waals surface area contributed by atoms with Crippen LogP contribution in [0, 0.1) is 0 Å². The van der Waals surface area contributed by atoms with Gasteiger partial charge in [0.2, 0.25) is 0 Å². The van der Waals surface area contributed by atoms with Gasteiger partial charge in [-0.15, -0.1) is 0 Å². The normalized spacial score (nSPS) is 13.9. The number of benzene rings is 1. The van der Waals surface area contributed by atoms with E-state index < -0.39 is 26.0 Å². The van der Waals surface area contributed by atoms with Crippen LogP contribution >= 0.6 is 10.8 Å². The van der Waals surface area contributed by atoms with E-state index in [2.05, 4.69) is 0 Å². The molecule has 0 aliphatic heterocycles. The number of hydrogen-bond acceptors (Lipinski definition) is 2. The molecule has 7 heteroatoms. The third kappa shape index (κ3) is 3.24. The molecule has 0 unspecified atom stereocenters. The lowest BCUT2D eigenvalue weighted by atomic mass is 10.4. The summed E-state index contributed by atoms with van der Waals surface area (Å²) in [6.07, 6.45) is 0. The molecule has 1 N–H and O–H groups in total. The summed E-state index contributed by atoms with van der Waals surface area (Å²) < 4.78 is 55.4. The molecule has 0 spiro atoms. The fourth-order valence-electron chi connectivity index (χ4n) is 0.875. The van der Waals surface area contributed by atoms with Crippen molar-refractivity contribution in [2.75, 3.05) is 5.08 Å². The van der Waals surface area contributed by atoms with E-state index in [1.165, 1.54) is 12.1 Å². The van der Waals surface area contributed by atoms with Gasteiger partial charge in [0.15, 0.2) is 5.08 Å². The zero-order chi connectivity index (χ0) is 10.8. The van der Waals surface area contributed by atoms with Crippen LogP contribution in [0.2, 0.25) is 0 Å². The summed E-state index contributed by atoms with van der Waals surface area (Å²) in [4.78, 5) is -0.349.